The van der Waals surface area contributed by atoms with Gasteiger partial charge >= 0.3 is 0 Å². The van der Waals surface area contributed by atoms with E-state index in [-0.39, 0.29) is 5.78 Å². The average molecular weight is 236 g/mol. The van der Waals surface area contributed by atoms with Gasteiger partial charge in [-0.25, -0.2) is 0 Å². The number of ether oxygens (including phenoxy) is 2. The Kier molecular flexibility index (Phi) is 5.70. The fourth-order valence-corrected chi connectivity index (χ4v) is 1.74. The van der Waals surface area contributed by atoms with Crippen molar-refractivity contribution in [2.75, 3.05) is 13.7 Å². The first-order chi connectivity index (χ1) is 8.22. The number of carbonyl (C=O) groups is 1. The Morgan fingerprint density at radius 1 is 1.24 bits per heavy atom. The molecule has 3 heteroatoms. The molecule has 0 radical (unpaired) electrons. The van der Waals surface area contributed by atoms with E-state index in [1.807, 2.05) is 38.1 Å². The lowest BCUT2D eigenvalue weighted by Gasteiger charge is -2.14. The second-order valence-corrected chi connectivity index (χ2v) is 3.83. The van der Waals surface area contributed by atoms with Gasteiger partial charge in [0, 0.05) is 13.5 Å². The summed E-state index contributed by atoms with van der Waals surface area (Å²) in [6.45, 7) is 4.57. The molecule has 0 heterocycles. The highest BCUT2D eigenvalue weighted by molar-refractivity contribution is 5.84. The molecule has 94 valence electrons. The van der Waals surface area contributed by atoms with Crippen LogP contribution < -0.4 is 4.74 Å². The first-order valence-corrected chi connectivity index (χ1v) is 6.01. The molecule has 0 amide bonds. The van der Waals surface area contributed by atoms with Crippen LogP contribution in [-0.2, 0) is 9.53 Å². The summed E-state index contributed by atoms with van der Waals surface area (Å²) in [4.78, 5) is 11.8. The number of hydrogen-bond acceptors (Lipinski definition) is 3. The number of ketones is 1. The first kappa shape index (κ1) is 13.7. The summed E-state index contributed by atoms with van der Waals surface area (Å²) in [7, 11) is 1.56. The van der Waals surface area contributed by atoms with Crippen LogP contribution in [0.25, 0.3) is 0 Å². The molecule has 1 atom stereocenters. The van der Waals surface area contributed by atoms with E-state index in [0.717, 1.165) is 17.7 Å². The van der Waals surface area contributed by atoms with Gasteiger partial charge in [-0.2, -0.15) is 0 Å². The summed E-state index contributed by atoms with van der Waals surface area (Å²) in [6.07, 6.45) is 0.937. The molecule has 17 heavy (non-hydrogen) atoms. The van der Waals surface area contributed by atoms with Gasteiger partial charge in [-0.15, -0.1) is 0 Å². The van der Waals surface area contributed by atoms with Crippen LogP contribution in [0.2, 0.25) is 0 Å². The molecule has 0 spiro atoms. The standard InChI is InChI=1S/C14H20O3/c1-4-6-13(15)14(16-3)11-7-9-12(10-8-11)17-5-2/h7-10,14H,4-6H2,1-3H3. The Morgan fingerprint density at radius 2 is 1.88 bits per heavy atom. The molecule has 1 aromatic rings. The zero-order chi connectivity index (χ0) is 12.7. The number of Topliss-reactive ketones (excluding diaryl/α,β-unsaturated/α-hetero) is 1. The fourth-order valence-electron chi connectivity index (χ4n) is 1.74. The third kappa shape index (κ3) is 3.86. The highest BCUT2D eigenvalue weighted by Crippen LogP contribution is 2.22. The molecule has 0 aliphatic heterocycles. The molecule has 3 nitrogen and oxygen atoms in total. The van der Waals surface area contributed by atoms with Crippen molar-refractivity contribution in [1.29, 1.82) is 0 Å². The minimum atomic E-state index is -0.453. The van der Waals surface area contributed by atoms with Crippen molar-refractivity contribution in [3.05, 3.63) is 29.8 Å². The second kappa shape index (κ2) is 7.07. The van der Waals surface area contributed by atoms with E-state index in [1.54, 1.807) is 7.11 Å². The lowest BCUT2D eigenvalue weighted by Crippen LogP contribution is -2.14. The van der Waals surface area contributed by atoms with Crippen LogP contribution in [0.4, 0.5) is 0 Å². The van der Waals surface area contributed by atoms with Gasteiger partial charge in [-0.3, -0.25) is 4.79 Å². The van der Waals surface area contributed by atoms with Crippen molar-refractivity contribution < 1.29 is 14.3 Å². The molecular weight excluding hydrogens is 216 g/mol. The topological polar surface area (TPSA) is 35.5 Å². The molecule has 0 aliphatic carbocycles. The number of carbonyl (C=O) groups excluding carboxylic acids is 1. The SMILES string of the molecule is CCCC(=O)C(OC)c1ccc(OCC)cc1. The smallest absolute Gasteiger partial charge is 0.166 e. The van der Waals surface area contributed by atoms with Gasteiger partial charge in [-0.1, -0.05) is 19.1 Å². The maximum Gasteiger partial charge on any atom is 0.166 e. The van der Waals surface area contributed by atoms with Crippen LogP contribution in [0.15, 0.2) is 24.3 Å². The maximum atomic E-state index is 11.8. The van der Waals surface area contributed by atoms with Gasteiger partial charge in [-0.05, 0) is 31.0 Å². The van der Waals surface area contributed by atoms with Crippen LogP contribution in [0, 0.1) is 0 Å². The Morgan fingerprint density at radius 3 is 2.35 bits per heavy atom. The predicted octanol–water partition coefficient (Wildman–Crippen LogP) is 3.14. The molecule has 0 aromatic heterocycles. The van der Waals surface area contributed by atoms with Crippen molar-refractivity contribution in [1.82, 2.24) is 0 Å². The third-order valence-corrected chi connectivity index (χ3v) is 2.52. The fraction of sp³-hybridized carbons (Fsp3) is 0.500. The van der Waals surface area contributed by atoms with Crippen LogP contribution >= 0.6 is 0 Å². The summed E-state index contributed by atoms with van der Waals surface area (Å²) in [5, 5.41) is 0. The minimum absolute atomic E-state index is 0.124. The van der Waals surface area contributed by atoms with Crippen molar-refractivity contribution in [3.63, 3.8) is 0 Å². The van der Waals surface area contributed by atoms with E-state index < -0.39 is 6.10 Å². The number of methoxy groups -OCH3 is 1. The Bertz CT molecular complexity index is 343. The van der Waals surface area contributed by atoms with Crippen LogP contribution in [0.3, 0.4) is 0 Å². The summed E-state index contributed by atoms with van der Waals surface area (Å²) in [5.41, 5.74) is 0.884. The second-order valence-electron chi connectivity index (χ2n) is 3.83. The van der Waals surface area contributed by atoms with Gasteiger partial charge < -0.3 is 9.47 Å². The molecule has 0 fully saturated rings. The maximum absolute atomic E-state index is 11.8. The summed E-state index contributed by atoms with van der Waals surface area (Å²) in [5.74, 6) is 0.938. The monoisotopic (exact) mass is 236 g/mol. The van der Waals surface area contributed by atoms with Crippen molar-refractivity contribution in [3.8, 4) is 5.75 Å². The molecule has 1 rings (SSSR count). The van der Waals surface area contributed by atoms with E-state index in [0.29, 0.717) is 13.0 Å². The minimum Gasteiger partial charge on any atom is -0.494 e. The van der Waals surface area contributed by atoms with Gasteiger partial charge in [0.2, 0.25) is 0 Å². The lowest BCUT2D eigenvalue weighted by molar-refractivity contribution is -0.129. The Labute approximate surface area is 103 Å². The van der Waals surface area contributed by atoms with Crippen LogP contribution in [-0.4, -0.2) is 19.5 Å². The summed E-state index contributed by atoms with van der Waals surface area (Å²) < 4.78 is 10.6. The van der Waals surface area contributed by atoms with Crippen molar-refractivity contribution in [2.24, 2.45) is 0 Å². The van der Waals surface area contributed by atoms with E-state index >= 15 is 0 Å². The predicted molar refractivity (Wildman–Crippen MR) is 67.3 cm³/mol. The number of hydrogen-bond donors (Lipinski definition) is 0. The number of rotatable bonds is 7. The molecule has 0 N–H and O–H groups in total. The highest BCUT2D eigenvalue weighted by Gasteiger charge is 2.18. The normalized spacial score (nSPS) is 12.2. The average Bonchev–Trinajstić information content (AvgIpc) is 2.33. The quantitative estimate of drug-likeness (QED) is 0.729. The van der Waals surface area contributed by atoms with Gasteiger partial charge in [0.15, 0.2) is 5.78 Å². The summed E-state index contributed by atoms with van der Waals surface area (Å²) in [6, 6.07) is 7.49. The zero-order valence-corrected chi connectivity index (χ0v) is 10.7. The molecular formula is C14H20O3. The molecule has 1 aromatic carbocycles. The molecule has 0 aliphatic rings. The van der Waals surface area contributed by atoms with Gasteiger partial charge in [0.05, 0.1) is 6.61 Å². The van der Waals surface area contributed by atoms with Crippen molar-refractivity contribution >= 4 is 5.78 Å². The largest absolute Gasteiger partial charge is 0.494 e. The van der Waals surface area contributed by atoms with Gasteiger partial charge in [0.25, 0.3) is 0 Å². The lowest BCUT2D eigenvalue weighted by atomic mass is 10.0. The van der Waals surface area contributed by atoms with Crippen LogP contribution in [0.1, 0.15) is 38.4 Å². The number of benzene rings is 1. The third-order valence-electron chi connectivity index (χ3n) is 2.52. The van der Waals surface area contributed by atoms with E-state index in [2.05, 4.69) is 0 Å². The summed E-state index contributed by atoms with van der Waals surface area (Å²) >= 11 is 0. The van der Waals surface area contributed by atoms with Crippen molar-refractivity contribution in [2.45, 2.75) is 32.8 Å². The Balaban J connectivity index is 2.78. The highest BCUT2D eigenvalue weighted by atomic mass is 16.5. The molecule has 0 saturated heterocycles. The molecule has 0 saturated carbocycles. The van der Waals surface area contributed by atoms with E-state index in [4.69, 9.17) is 9.47 Å². The molecule has 0 bridgehead atoms. The first-order valence-electron chi connectivity index (χ1n) is 6.01. The van der Waals surface area contributed by atoms with E-state index in [1.165, 1.54) is 0 Å². The molecule has 1 unspecified atom stereocenters. The van der Waals surface area contributed by atoms with Crippen LogP contribution in [0.5, 0.6) is 5.75 Å². The Hall–Kier alpha value is -1.35. The van der Waals surface area contributed by atoms with E-state index in [9.17, 15) is 4.79 Å². The zero-order valence-electron chi connectivity index (χ0n) is 10.7. The van der Waals surface area contributed by atoms with Gasteiger partial charge in [0.1, 0.15) is 11.9 Å².